The van der Waals surface area contributed by atoms with Gasteiger partial charge < -0.3 is 14.6 Å². The maximum Gasteiger partial charge on any atom is 0.109 e. The van der Waals surface area contributed by atoms with E-state index < -0.39 is 0 Å². The Morgan fingerprint density at radius 1 is 1.53 bits per heavy atom. The summed E-state index contributed by atoms with van der Waals surface area (Å²) in [6, 6.07) is 0. The Labute approximate surface area is 91.5 Å². The summed E-state index contributed by atoms with van der Waals surface area (Å²) in [5, 5.41) is 9.15. The van der Waals surface area contributed by atoms with E-state index in [9.17, 15) is 0 Å². The molecule has 0 saturated heterocycles. The number of aliphatic hydroxyl groups is 1. The molecule has 4 heteroatoms. The number of aryl methyl sites for hydroxylation is 1. The number of likely N-dealkylation sites (N-methyl/N-ethyl adjacent to an activating group) is 1. The van der Waals surface area contributed by atoms with Gasteiger partial charge in [-0.2, -0.15) is 0 Å². The molecule has 0 fully saturated rings. The lowest BCUT2D eigenvalue weighted by atomic mass is 10.2. The third kappa shape index (κ3) is 4.44. The fourth-order valence-electron chi connectivity index (χ4n) is 1.45. The van der Waals surface area contributed by atoms with E-state index in [2.05, 4.69) is 16.9 Å². The first-order chi connectivity index (χ1) is 7.09. The summed E-state index contributed by atoms with van der Waals surface area (Å²) in [6.07, 6.45) is 5.37. The Balaban J connectivity index is 2.22. The molecule has 4 nitrogen and oxygen atoms in total. The van der Waals surface area contributed by atoms with Crippen LogP contribution >= 0.6 is 0 Å². The van der Waals surface area contributed by atoms with Gasteiger partial charge >= 0.3 is 0 Å². The van der Waals surface area contributed by atoms with E-state index in [1.54, 1.807) is 0 Å². The number of imidazole rings is 1. The van der Waals surface area contributed by atoms with Crippen molar-refractivity contribution in [3.05, 3.63) is 18.2 Å². The van der Waals surface area contributed by atoms with Crippen molar-refractivity contribution in [2.24, 2.45) is 7.05 Å². The zero-order chi connectivity index (χ0) is 11.3. The summed E-state index contributed by atoms with van der Waals surface area (Å²) in [7, 11) is 4.09. The summed E-state index contributed by atoms with van der Waals surface area (Å²) >= 11 is 0. The minimum Gasteiger partial charge on any atom is -0.393 e. The van der Waals surface area contributed by atoms with Gasteiger partial charge in [-0.3, -0.25) is 0 Å². The second kappa shape index (κ2) is 5.88. The van der Waals surface area contributed by atoms with Crippen LogP contribution in [0.15, 0.2) is 12.4 Å². The molecule has 0 radical (unpaired) electrons. The largest absolute Gasteiger partial charge is 0.393 e. The lowest BCUT2D eigenvalue weighted by Crippen LogP contribution is -2.25. The molecule has 0 spiro atoms. The van der Waals surface area contributed by atoms with Crippen LogP contribution in [-0.2, 0) is 13.5 Å². The topological polar surface area (TPSA) is 41.3 Å². The first-order valence-corrected chi connectivity index (χ1v) is 5.42. The van der Waals surface area contributed by atoms with E-state index in [-0.39, 0.29) is 6.10 Å². The fourth-order valence-corrected chi connectivity index (χ4v) is 1.45. The molecule has 0 bridgehead atoms. The van der Waals surface area contributed by atoms with Crippen LogP contribution in [0, 0.1) is 0 Å². The number of nitrogens with zero attached hydrogens (tertiary/aromatic N) is 3. The van der Waals surface area contributed by atoms with Crippen molar-refractivity contribution >= 4 is 0 Å². The van der Waals surface area contributed by atoms with Gasteiger partial charge in [0.15, 0.2) is 0 Å². The zero-order valence-electron chi connectivity index (χ0n) is 9.85. The summed E-state index contributed by atoms with van der Waals surface area (Å²) in [5.74, 6) is 1.11. The average Bonchev–Trinajstić information content (AvgIpc) is 2.58. The highest BCUT2D eigenvalue weighted by Crippen LogP contribution is 1.98. The second-order valence-electron chi connectivity index (χ2n) is 4.15. The van der Waals surface area contributed by atoms with E-state index in [4.69, 9.17) is 5.11 Å². The molecule has 1 atom stereocenters. The van der Waals surface area contributed by atoms with E-state index in [0.717, 1.165) is 31.8 Å². The molecule has 0 amide bonds. The fraction of sp³-hybridized carbons (Fsp3) is 0.727. The predicted molar refractivity (Wildman–Crippen MR) is 60.7 cm³/mol. The van der Waals surface area contributed by atoms with Gasteiger partial charge in [0.25, 0.3) is 0 Å². The number of hydrogen-bond acceptors (Lipinski definition) is 3. The van der Waals surface area contributed by atoms with Crippen LogP contribution in [0.3, 0.4) is 0 Å². The molecule has 0 aliphatic heterocycles. The van der Waals surface area contributed by atoms with Crippen molar-refractivity contribution < 1.29 is 5.11 Å². The van der Waals surface area contributed by atoms with E-state index in [1.807, 2.05) is 30.9 Å². The van der Waals surface area contributed by atoms with Crippen molar-refractivity contribution in [1.82, 2.24) is 14.5 Å². The summed E-state index contributed by atoms with van der Waals surface area (Å²) < 4.78 is 2.04. The molecule has 1 N–H and O–H groups in total. The molecule has 0 aliphatic rings. The summed E-state index contributed by atoms with van der Waals surface area (Å²) in [5.41, 5.74) is 0. The Kier molecular flexibility index (Phi) is 4.78. The van der Waals surface area contributed by atoms with Gasteiger partial charge in [-0.05, 0) is 20.4 Å². The third-order valence-corrected chi connectivity index (χ3v) is 2.57. The van der Waals surface area contributed by atoms with Gasteiger partial charge in [-0.25, -0.2) is 4.98 Å². The number of aromatic nitrogens is 2. The molecule has 1 aromatic rings. The van der Waals surface area contributed by atoms with Gasteiger partial charge in [0.2, 0.25) is 0 Å². The Morgan fingerprint density at radius 3 is 2.80 bits per heavy atom. The highest BCUT2D eigenvalue weighted by Gasteiger charge is 2.04. The molecule has 1 aromatic heterocycles. The molecule has 0 aliphatic carbocycles. The molecule has 0 saturated carbocycles. The maximum absolute atomic E-state index is 9.15. The summed E-state index contributed by atoms with van der Waals surface area (Å²) in [4.78, 5) is 6.49. The average molecular weight is 211 g/mol. The molecule has 1 rings (SSSR count). The number of aliphatic hydroxyl groups excluding tert-OH is 1. The molecular formula is C11H21N3O. The van der Waals surface area contributed by atoms with Crippen LogP contribution < -0.4 is 0 Å². The normalized spacial score (nSPS) is 13.4. The quantitative estimate of drug-likeness (QED) is 0.752. The van der Waals surface area contributed by atoms with Crippen LogP contribution in [0.4, 0.5) is 0 Å². The molecule has 86 valence electrons. The van der Waals surface area contributed by atoms with Gasteiger partial charge in [-0.1, -0.05) is 0 Å². The van der Waals surface area contributed by atoms with Crippen molar-refractivity contribution in [2.75, 3.05) is 20.1 Å². The van der Waals surface area contributed by atoms with Gasteiger partial charge in [0, 0.05) is 39.0 Å². The first-order valence-electron chi connectivity index (χ1n) is 5.42. The van der Waals surface area contributed by atoms with E-state index in [0.29, 0.717) is 0 Å². The van der Waals surface area contributed by atoms with Crippen molar-refractivity contribution in [3.63, 3.8) is 0 Å². The minimum absolute atomic E-state index is 0.208. The SMILES string of the molecule is CC(O)CCN(C)CCc1nccn1C. The van der Waals surface area contributed by atoms with Gasteiger partial charge in [-0.15, -0.1) is 0 Å². The zero-order valence-corrected chi connectivity index (χ0v) is 9.85. The highest BCUT2D eigenvalue weighted by atomic mass is 16.3. The van der Waals surface area contributed by atoms with Crippen LogP contribution in [0.25, 0.3) is 0 Å². The Morgan fingerprint density at radius 2 is 2.27 bits per heavy atom. The van der Waals surface area contributed by atoms with Gasteiger partial charge in [0.05, 0.1) is 6.10 Å². The number of rotatable bonds is 6. The van der Waals surface area contributed by atoms with Crippen molar-refractivity contribution in [3.8, 4) is 0 Å². The highest BCUT2D eigenvalue weighted by molar-refractivity contribution is 4.91. The minimum atomic E-state index is -0.208. The lowest BCUT2D eigenvalue weighted by molar-refractivity contribution is 0.164. The second-order valence-corrected chi connectivity index (χ2v) is 4.15. The van der Waals surface area contributed by atoms with E-state index >= 15 is 0 Å². The predicted octanol–water partition coefficient (Wildman–Crippen LogP) is 0.665. The standard InChI is InChI=1S/C11H21N3O/c1-10(15)4-7-13(2)8-5-11-12-6-9-14(11)3/h6,9-10,15H,4-5,7-8H2,1-3H3. The van der Waals surface area contributed by atoms with Crippen LogP contribution in [0.5, 0.6) is 0 Å². The van der Waals surface area contributed by atoms with Crippen molar-refractivity contribution in [2.45, 2.75) is 25.9 Å². The first kappa shape index (κ1) is 12.2. The number of hydrogen-bond donors (Lipinski definition) is 1. The van der Waals surface area contributed by atoms with Crippen molar-refractivity contribution in [1.29, 1.82) is 0 Å². The van der Waals surface area contributed by atoms with Crippen LogP contribution in [0.2, 0.25) is 0 Å². The lowest BCUT2D eigenvalue weighted by Gasteiger charge is -2.17. The molecule has 0 aromatic carbocycles. The molecule has 1 unspecified atom stereocenters. The molecular weight excluding hydrogens is 190 g/mol. The smallest absolute Gasteiger partial charge is 0.109 e. The maximum atomic E-state index is 9.15. The Bertz CT molecular complexity index is 283. The monoisotopic (exact) mass is 211 g/mol. The van der Waals surface area contributed by atoms with Crippen LogP contribution in [-0.4, -0.2) is 45.8 Å². The van der Waals surface area contributed by atoms with E-state index in [1.165, 1.54) is 0 Å². The van der Waals surface area contributed by atoms with Crippen LogP contribution in [0.1, 0.15) is 19.2 Å². The molecule has 1 heterocycles. The van der Waals surface area contributed by atoms with Gasteiger partial charge in [0.1, 0.15) is 5.82 Å². The molecule has 15 heavy (non-hydrogen) atoms. The third-order valence-electron chi connectivity index (χ3n) is 2.57. The Hall–Kier alpha value is -0.870. The summed E-state index contributed by atoms with van der Waals surface area (Å²) in [6.45, 7) is 3.74.